The van der Waals surface area contributed by atoms with Crippen LogP contribution >= 0.6 is 0 Å². The highest BCUT2D eigenvalue weighted by Crippen LogP contribution is 2.41. The first-order valence-electron chi connectivity index (χ1n) is 6.25. The van der Waals surface area contributed by atoms with E-state index in [1.807, 2.05) is 0 Å². The van der Waals surface area contributed by atoms with Gasteiger partial charge in [-0.25, -0.2) is 4.39 Å². The normalized spacial score (nSPS) is 26.8. The highest BCUT2D eigenvalue weighted by molar-refractivity contribution is 5.22. The third kappa shape index (κ3) is 2.26. The lowest BCUT2D eigenvalue weighted by Crippen LogP contribution is -2.23. The number of hydrogen-bond donors (Lipinski definition) is 0. The van der Waals surface area contributed by atoms with Crippen LogP contribution in [0.3, 0.4) is 0 Å². The number of benzene rings is 1. The summed E-state index contributed by atoms with van der Waals surface area (Å²) >= 11 is 0. The van der Waals surface area contributed by atoms with E-state index in [0.29, 0.717) is 18.3 Å². The molecule has 100 valence electrons. The Kier molecular flexibility index (Phi) is 2.86. The fourth-order valence-corrected chi connectivity index (χ4v) is 2.40. The molecule has 19 heavy (non-hydrogen) atoms. The Bertz CT molecular complexity index is 581. The van der Waals surface area contributed by atoms with E-state index in [0.717, 1.165) is 12.0 Å². The molecule has 0 radical (unpaired) electrons. The zero-order valence-electron chi connectivity index (χ0n) is 10.9. The van der Waals surface area contributed by atoms with Crippen molar-refractivity contribution < 1.29 is 13.7 Å². The monoisotopic (exact) mass is 262 g/mol. The van der Waals surface area contributed by atoms with Crippen molar-refractivity contribution in [3.8, 4) is 0 Å². The largest absolute Gasteiger partial charge is 0.372 e. The van der Waals surface area contributed by atoms with E-state index in [-0.39, 0.29) is 17.3 Å². The van der Waals surface area contributed by atoms with Gasteiger partial charge in [0.15, 0.2) is 5.82 Å². The average Bonchev–Trinajstić information content (AvgIpc) is 2.98. The molecule has 2 aromatic rings. The average molecular weight is 262 g/mol. The lowest BCUT2D eigenvalue weighted by Gasteiger charge is -2.16. The molecule has 0 saturated carbocycles. The molecule has 2 atom stereocenters. The molecule has 0 N–H and O–H groups in total. The predicted octanol–water partition coefficient (Wildman–Crippen LogP) is 2.94. The Hall–Kier alpha value is -1.75. The van der Waals surface area contributed by atoms with Gasteiger partial charge in [0.1, 0.15) is 5.82 Å². The number of aryl methyl sites for hydroxylation is 1. The third-order valence-corrected chi connectivity index (χ3v) is 3.55. The molecule has 0 amide bonds. The summed E-state index contributed by atoms with van der Waals surface area (Å²) in [6, 6.07) is 6.42. The molecular weight excluding hydrogens is 247 g/mol. The summed E-state index contributed by atoms with van der Waals surface area (Å²) in [5.74, 6) is 0.995. The van der Waals surface area contributed by atoms with E-state index in [9.17, 15) is 4.39 Å². The molecule has 1 aromatic carbocycles. The molecule has 3 rings (SSSR count). The zero-order chi connectivity index (χ0) is 13.5. The summed E-state index contributed by atoms with van der Waals surface area (Å²) in [4.78, 5) is 4.29. The molecule has 0 bridgehead atoms. The first-order chi connectivity index (χ1) is 9.07. The van der Waals surface area contributed by atoms with E-state index in [1.54, 1.807) is 19.1 Å². The number of aromatic nitrogens is 2. The van der Waals surface area contributed by atoms with E-state index >= 15 is 0 Å². The van der Waals surface area contributed by atoms with Crippen LogP contribution in [-0.2, 0) is 10.2 Å². The second kappa shape index (κ2) is 4.42. The van der Waals surface area contributed by atoms with Crippen LogP contribution in [0.4, 0.5) is 4.39 Å². The quantitative estimate of drug-likeness (QED) is 0.835. The predicted molar refractivity (Wildman–Crippen MR) is 66.1 cm³/mol. The number of ether oxygens (including phenoxy) is 1. The minimum Gasteiger partial charge on any atom is -0.372 e. The molecule has 2 heterocycles. The molecule has 4 nitrogen and oxygen atoms in total. The molecule has 0 aliphatic carbocycles. The summed E-state index contributed by atoms with van der Waals surface area (Å²) < 4.78 is 23.8. The van der Waals surface area contributed by atoms with E-state index in [2.05, 4.69) is 17.1 Å². The fraction of sp³-hybridized carbons (Fsp3) is 0.429. The van der Waals surface area contributed by atoms with Crippen molar-refractivity contribution in [1.29, 1.82) is 0 Å². The Morgan fingerprint density at radius 3 is 2.68 bits per heavy atom. The molecule has 5 heteroatoms. The van der Waals surface area contributed by atoms with Gasteiger partial charge >= 0.3 is 0 Å². The van der Waals surface area contributed by atoms with Crippen LogP contribution in [0, 0.1) is 12.7 Å². The minimum absolute atomic E-state index is 0.0515. The van der Waals surface area contributed by atoms with Gasteiger partial charge in [-0.05, 0) is 31.0 Å². The number of halogens is 1. The smallest absolute Gasteiger partial charge is 0.223 e. The van der Waals surface area contributed by atoms with E-state index < -0.39 is 0 Å². The minimum atomic E-state index is -0.253. The topological polar surface area (TPSA) is 48.2 Å². The van der Waals surface area contributed by atoms with Gasteiger partial charge in [0.25, 0.3) is 0 Å². The molecule has 1 aromatic heterocycles. The van der Waals surface area contributed by atoms with Gasteiger partial charge in [-0.1, -0.05) is 17.3 Å². The first-order valence-corrected chi connectivity index (χ1v) is 6.25. The Balaban J connectivity index is 1.81. The molecule has 1 aliphatic heterocycles. The lowest BCUT2D eigenvalue weighted by atomic mass is 9.85. The SMILES string of the molecule is Cc1nc([C@]2(C)CO[C@@H](c3ccc(F)cc3)C2)no1. The summed E-state index contributed by atoms with van der Waals surface area (Å²) in [5.41, 5.74) is 0.724. The van der Waals surface area contributed by atoms with Crippen molar-refractivity contribution in [3.05, 3.63) is 47.4 Å². The first kappa shape index (κ1) is 12.3. The zero-order valence-corrected chi connectivity index (χ0v) is 10.9. The van der Waals surface area contributed by atoms with Crippen LogP contribution in [-0.4, -0.2) is 16.7 Å². The maximum atomic E-state index is 12.9. The Morgan fingerprint density at radius 2 is 2.05 bits per heavy atom. The second-order valence-corrected chi connectivity index (χ2v) is 5.25. The highest BCUT2D eigenvalue weighted by atomic mass is 19.1. The van der Waals surface area contributed by atoms with Crippen LogP contribution in [0.25, 0.3) is 0 Å². The summed E-state index contributed by atoms with van der Waals surface area (Å²) in [5, 5.41) is 3.99. The van der Waals surface area contributed by atoms with Crippen LogP contribution in [0.5, 0.6) is 0 Å². The van der Waals surface area contributed by atoms with Crippen molar-refractivity contribution >= 4 is 0 Å². The Labute approximate surface area is 110 Å². The third-order valence-electron chi connectivity index (χ3n) is 3.55. The van der Waals surface area contributed by atoms with Gasteiger partial charge in [0.05, 0.1) is 18.1 Å². The second-order valence-electron chi connectivity index (χ2n) is 5.25. The number of rotatable bonds is 2. The summed E-state index contributed by atoms with van der Waals surface area (Å²) in [6.07, 6.45) is 0.710. The molecule has 0 spiro atoms. The van der Waals surface area contributed by atoms with Gasteiger partial charge in [0.2, 0.25) is 5.89 Å². The van der Waals surface area contributed by atoms with Crippen LogP contribution in [0.15, 0.2) is 28.8 Å². The van der Waals surface area contributed by atoms with Crippen molar-refractivity contribution in [1.82, 2.24) is 10.1 Å². The van der Waals surface area contributed by atoms with Gasteiger partial charge in [0, 0.05) is 6.92 Å². The van der Waals surface area contributed by atoms with Gasteiger partial charge in [-0.15, -0.1) is 0 Å². The van der Waals surface area contributed by atoms with Crippen molar-refractivity contribution in [3.63, 3.8) is 0 Å². The van der Waals surface area contributed by atoms with E-state index in [4.69, 9.17) is 9.26 Å². The molecule has 1 fully saturated rings. The molecule has 0 unspecified atom stereocenters. The molecule has 1 saturated heterocycles. The van der Waals surface area contributed by atoms with Gasteiger partial charge in [-0.2, -0.15) is 4.98 Å². The summed E-state index contributed by atoms with van der Waals surface area (Å²) in [6.45, 7) is 4.36. The lowest BCUT2D eigenvalue weighted by molar-refractivity contribution is 0.104. The number of hydrogen-bond acceptors (Lipinski definition) is 4. The van der Waals surface area contributed by atoms with E-state index in [1.165, 1.54) is 12.1 Å². The van der Waals surface area contributed by atoms with Gasteiger partial charge < -0.3 is 9.26 Å². The number of nitrogens with zero attached hydrogens (tertiary/aromatic N) is 2. The van der Waals surface area contributed by atoms with Crippen LogP contribution < -0.4 is 0 Å². The Morgan fingerprint density at radius 1 is 1.32 bits per heavy atom. The maximum absolute atomic E-state index is 12.9. The van der Waals surface area contributed by atoms with Crippen molar-refractivity contribution in [2.24, 2.45) is 0 Å². The molecular formula is C14H15FN2O2. The highest BCUT2D eigenvalue weighted by Gasteiger charge is 2.41. The van der Waals surface area contributed by atoms with Crippen molar-refractivity contribution in [2.45, 2.75) is 31.8 Å². The van der Waals surface area contributed by atoms with Gasteiger partial charge in [-0.3, -0.25) is 0 Å². The maximum Gasteiger partial charge on any atom is 0.223 e. The summed E-state index contributed by atoms with van der Waals surface area (Å²) in [7, 11) is 0. The van der Waals surface area contributed by atoms with Crippen LogP contribution in [0.1, 0.15) is 36.7 Å². The van der Waals surface area contributed by atoms with Crippen LogP contribution in [0.2, 0.25) is 0 Å². The standard InChI is InChI=1S/C14H15FN2O2/c1-9-16-13(17-19-9)14(2)7-12(18-8-14)10-3-5-11(15)6-4-10/h3-6,12H,7-8H2,1-2H3/t12-,14+/m1/s1. The van der Waals surface area contributed by atoms with Crippen molar-refractivity contribution in [2.75, 3.05) is 6.61 Å². The fourth-order valence-electron chi connectivity index (χ4n) is 2.40. The molecule has 1 aliphatic rings.